The van der Waals surface area contributed by atoms with Crippen molar-refractivity contribution in [3.63, 3.8) is 0 Å². The Morgan fingerprint density at radius 2 is 1.87 bits per heavy atom. The summed E-state index contributed by atoms with van der Waals surface area (Å²) in [4.78, 5) is 11.6. The third-order valence-corrected chi connectivity index (χ3v) is 3.55. The van der Waals surface area contributed by atoms with Crippen molar-refractivity contribution >= 4 is 17.6 Å². The molecular formula is C20H22O3. The first-order chi connectivity index (χ1) is 11.1. The zero-order valence-electron chi connectivity index (χ0n) is 13.6. The molecule has 0 aliphatic carbocycles. The lowest BCUT2D eigenvalue weighted by molar-refractivity contribution is -0.130. The quantitative estimate of drug-likeness (QED) is 0.597. The minimum absolute atomic E-state index is 0.278. The maximum Gasteiger partial charge on any atom is 0.336 e. The Kier molecular flexibility index (Phi) is 5.98. The number of ether oxygens (including phenoxy) is 1. The van der Waals surface area contributed by atoms with E-state index >= 15 is 0 Å². The standard InChI is InChI=1S/C20H22O3/c1-3-12-23-18-7-5-6-16(13-18)14-19(20(21)22)17-10-8-15(4-2)9-11-17/h5-11,13-14H,3-4,12H2,1-2H3,(H,21,22)/b19-14-. The molecule has 0 atom stereocenters. The molecule has 0 aliphatic rings. The van der Waals surface area contributed by atoms with Crippen LogP contribution < -0.4 is 4.74 Å². The van der Waals surface area contributed by atoms with E-state index in [4.69, 9.17) is 4.74 Å². The molecule has 0 spiro atoms. The number of aryl methyl sites for hydroxylation is 1. The molecule has 0 fully saturated rings. The number of carboxylic acids is 1. The van der Waals surface area contributed by atoms with Gasteiger partial charge in [0.05, 0.1) is 12.2 Å². The number of hydrogen-bond acceptors (Lipinski definition) is 2. The second-order valence-corrected chi connectivity index (χ2v) is 5.33. The van der Waals surface area contributed by atoms with Crippen LogP contribution in [0.4, 0.5) is 0 Å². The van der Waals surface area contributed by atoms with Crippen LogP contribution in [0.15, 0.2) is 48.5 Å². The van der Waals surface area contributed by atoms with Gasteiger partial charge in [-0.15, -0.1) is 0 Å². The second-order valence-electron chi connectivity index (χ2n) is 5.33. The van der Waals surface area contributed by atoms with Crippen LogP contribution in [0.3, 0.4) is 0 Å². The van der Waals surface area contributed by atoms with E-state index in [2.05, 4.69) is 6.92 Å². The Morgan fingerprint density at radius 3 is 2.48 bits per heavy atom. The SMILES string of the molecule is CCCOc1cccc(/C=C(\C(=O)O)c2ccc(CC)cc2)c1. The summed E-state index contributed by atoms with van der Waals surface area (Å²) in [5, 5.41) is 9.53. The number of rotatable bonds is 7. The smallest absolute Gasteiger partial charge is 0.336 e. The van der Waals surface area contributed by atoms with Gasteiger partial charge in [-0.25, -0.2) is 4.79 Å². The van der Waals surface area contributed by atoms with Crippen molar-refractivity contribution in [3.05, 3.63) is 65.2 Å². The van der Waals surface area contributed by atoms with E-state index in [0.717, 1.165) is 24.2 Å². The average Bonchev–Trinajstić information content (AvgIpc) is 2.58. The van der Waals surface area contributed by atoms with Crippen molar-refractivity contribution in [1.29, 1.82) is 0 Å². The molecule has 23 heavy (non-hydrogen) atoms. The minimum Gasteiger partial charge on any atom is -0.494 e. The van der Waals surface area contributed by atoms with Crippen molar-refractivity contribution in [2.24, 2.45) is 0 Å². The molecule has 2 aromatic carbocycles. The summed E-state index contributed by atoms with van der Waals surface area (Å²) < 4.78 is 5.60. The molecule has 0 saturated carbocycles. The lowest BCUT2D eigenvalue weighted by Crippen LogP contribution is -2.00. The summed E-state index contributed by atoms with van der Waals surface area (Å²) in [5.74, 6) is -0.180. The highest BCUT2D eigenvalue weighted by Crippen LogP contribution is 2.22. The highest BCUT2D eigenvalue weighted by Gasteiger charge is 2.10. The van der Waals surface area contributed by atoms with E-state index in [1.165, 1.54) is 5.56 Å². The first kappa shape index (κ1) is 16.8. The van der Waals surface area contributed by atoms with Crippen LogP contribution in [0.5, 0.6) is 5.75 Å². The van der Waals surface area contributed by atoms with Gasteiger partial charge in [-0.2, -0.15) is 0 Å². The van der Waals surface area contributed by atoms with Crippen LogP contribution in [0, 0.1) is 0 Å². The molecule has 3 nitrogen and oxygen atoms in total. The van der Waals surface area contributed by atoms with Crippen LogP contribution in [0.1, 0.15) is 37.0 Å². The Balaban J connectivity index is 2.32. The van der Waals surface area contributed by atoms with Crippen molar-refractivity contribution < 1.29 is 14.6 Å². The van der Waals surface area contributed by atoms with Crippen molar-refractivity contribution in [2.75, 3.05) is 6.61 Å². The third kappa shape index (κ3) is 4.71. The van der Waals surface area contributed by atoms with E-state index in [0.29, 0.717) is 12.2 Å². The van der Waals surface area contributed by atoms with Crippen molar-refractivity contribution in [2.45, 2.75) is 26.7 Å². The Labute approximate surface area is 137 Å². The molecule has 0 saturated heterocycles. The van der Waals surface area contributed by atoms with Gasteiger partial charge in [0.15, 0.2) is 0 Å². The lowest BCUT2D eigenvalue weighted by atomic mass is 10.0. The second kappa shape index (κ2) is 8.18. The van der Waals surface area contributed by atoms with Crippen molar-refractivity contribution in [1.82, 2.24) is 0 Å². The predicted octanol–water partition coefficient (Wildman–Crippen LogP) is 4.66. The maximum atomic E-state index is 11.6. The van der Waals surface area contributed by atoms with Crippen LogP contribution in [0.25, 0.3) is 11.6 Å². The Bertz CT molecular complexity index is 684. The van der Waals surface area contributed by atoms with Gasteiger partial charge < -0.3 is 9.84 Å². The van der Waals surface area contributed by atoms with E-state index in [1.54, 1.807) is 6.08 Å². The van der Waals surface area contributed by atoms with Crippen LogP contribution in [-0.2, 0) is 11.2 Å². The number of carboxylic acid groups (broad SMARTS) is 1. The minimum atomic E-state index is -0.936. The average molecular weight is 310 g/mol. The summed E-state index contributed by atoms with van der Waals surface area (Å²) in [7, 11) is 0. The molecule has 120 valence electrons. The fraction of sp³-hybridized carbons (Fsp3) is 0.250. The van der Waals surface area contributed by atoms with Gasteiger partial charge in [0.2, 0.25) is 0 Å². The zero-order chi connectivity index (χ0) is 16.7. The Hall–Kier alpha value is -2.55. The van der Waals surface area contributed by atoms with E-state index in [-0.39, 0.29) is 5.57 Å². The molecule has 2 aromatic rings. The summed E-state index contributed by atoms with van der Waals surface area (Å²) in [6.07, 6.45) is 3.55. The highest BCUT2D eigenvalue weighted by molar-refractivity contribution is 6.20. The van der Waals surface area contributed by atoms with Gasteiger partial charge in [-0.1, -0.05) is 50.2 Å². The van der Waals surface area contributed by atoms with Crippen LogP contribution in [-0.4, -0.2) is 17.7 Å². The number of aliphatic carboxylic acids is 1. The summed E-state index contributed by atoms with van der Waals surface area (Å²) in [6.45, 7) is 4.77. The third-order valence-electron chi connectivity index (χ3n) is 3.55. The monoisotopic (exact) mass is 310 g/mol. The molecule has 0 aliphatic heterocycles. The molecular weight excluding hydrogens is 288 g/mol. The highest BCUT2D eigenvalue weighted by atomic mass is 16.5. The molecule has 0 unspecified atom stereocenters. The Morgan fingerprint density at radius 1 is 1.13 bits per heavy atom. The number of hydrogen-bond donors (Lipinski definition) is 1. The fourth-order valence-corrected chi connectivity index (χ4v) is 2.27. The molecule has 2 rings (SSSR count). The number of carbonyl (C=O) groups is 1. The molecule has 0 aromatic heterocycles. The van der Waals surface area contributed by atoms with Gasteiger partial charge >= 0.3 is 5.97 Å². The molecule has 1 N–H and O–H groups in total. The van der Waals surface area contributed by atoms with E-state index in [1.807, 2.05) is 55.5 Å². The van der Waals surface area contributed by atoms with Gasteiger partial charge in [0.25, 0.3) is 0 Å². The predicted molar refractivity (Wildman–Crippen MR) is 93.6 cm³/mol. The zero-order valence-corrected chi connectivity index (χ0v) is 13.6. The van der Waals surface area contributed by atoms with Gasteiger partial charge in [-0.3, -0.25) is 0 Å². The normalized spacial score (nSPS) is 11.3. The van der Waals surface area contributed by atoms with Gasteiger partial charge in [0.1, 0.15) is 5.75 Å². The van der Waals surface area contributed by atoms with Crippen molar-refractivity contribution in [3.8, 4) is 5.75 Å². The largest absolute Gasteiger partial charge is 0.494 e. The maximum absolute atomic E-state index is 11.6. The lowest BCUT2D eigenvalue weighted by Gasteiger charge is -2.07. The summed E-state index contributed by atoms with van der Waals surface area (Å²) in [5.41, 5.74) is 2.99. The first-order valence-corrected chi connectivity index (χ1v) is 7.91. The number of benzene rings is 2. The molecule has 0 amide bonds. The van der Waals surface area contributed by atoms with Crippen LogP contribution in [0.2, 0.25) is 0 Å². The fourth-order valence-electron chi connectivity index (χ4n) is 2.27. The summed E-state index contributed by atoms with van der Waals surface area (Å²) in [6, 6.07) is 15.1. The molecule has 3 heteroatoms. The van der Waals surface area contributed by atoms with E-state index in [9.17, 15) is 9.90 Å². The van der Waals surface area contributed by atoms with Gasteiger partial charge in [0, 0.05) is 0 Å². The topological polar surface area (TPSA) is 46.5 Å². The molecule has 0 radical (unpaired) electrons. The molecule has 0 bridgehead atoms. The molecule has 0 heterocycles. The first-order valence-electron chi connectivity index (χ1n) is 7.91. The van der Waals surface area contributed by atoms with Crippen LogP contribution >= 0.6 is 0 Å². The van der Waals surface area contributed by atoms with Gasteiger partial charge in [-0.05, 0) is 47.7 Å². The summed E-state index contributed by atoms with van der Waals surface area (Å²) >= 11 is 0. The van der Waals surface area contributed by atoms with E-state index < -0.39 is 5.97 Å².